The Kier molecular flexibility index (Phi) is 2.93. The molecule has 0 aliphatic rings. The summed E-state index contributed by atoms with van der Waals surface area (Å²) in [4.78, 5) is 1.97. The topological polar surface area (TPSA) is 56.7 Å². The van der Waals surface area contributed by atoms with Gasteiger partial charge in [-0.25, -0.2) is 0 Å². The molecule has 5 nitrogen and oxygen atoms in total. The van der Waals surface area contributed by atoms with Gasteiger partial charge in [-0.3, -0.25) is 0 Å². The van der Waals surface area contributed by atoms with Gasteiger partial charge in [0.1, 0.15) is 0 Å². The second kappa shape index (κ2) is 4.21. The third kappa shape index (κ3) is 2.13. The molecule has 0 saturated carbocycles. The van der Waals surface area contributed by atoms with E-state index in [4.69, 9.17) is 4.42 Å². The van der Waals surface area contributed by atoms with Crippen LogP contribution in [0.25, 0.3) is 11.6 Å². The summed E-state index contributed by atoms with van der Waals surface area (Å²) < 4.78 is 30.7. The third-order valence-corrected chi connectivity index (χ3v) is 2.95. The molecular weight excluding hydrogens is 321 g/mol. The van der Waals surface area contributed by atoms with Crippen molar-refractivity contribution in [3.63, 3.8) is 0 Å². The van der Waals surface area contributed by atoms with Gasteiger partial charge in [0.2, 0.25) is 0 Å². The van der Waals surface area contributed by atoms with Gasteiger partial charge in [-0.05, 0) is 0 Å². The molecule has 0 atom stereocenters. The van der Waals surface area contributed by atoms with E-state index in [9.17, 15) is 8.78 Å². The molecule has 0 aliphatic carbocycles. The molecule has 82 valence electrons. The molecule has 2 rings (SSSR count). The van der Waals surface area contributed by atoms with E-state index < -0.39 is 6.55 Å². The number of alkyl halides is 3. The molecule has 0 aromatic carbocycles. The second-order valence-corrected chi connectivity index (χ2v) is 4.51. The van der Waals surface area contributed by atoms with E-state index in [1.807, 2.05) is 4.93 Å². The third-order valence-electron chi connectivity index (χ3n) is 1.59. The molecule has 0 saturated heterocycles. The Hall–Kier alpha value is -1.06. The average Bonchev–Trinajstić information content (AvgIpc) is 2.86. The zero-order valence-electron chi connectivity index (χ0n) is 7.56. The van der Waals surface area contributed by atoms with E-state index in [2.05, 4.69) is 15.3 Å². The van der Waals surface area contributed by atoms with Gasteiger partial charge in [0.15, 0.2) is 0 Å². The molecule has 0 N–H and O–H groups in total. The van der Waals surface area contributed by atoms with Crippen LogP contribution >= 0.6 is 0 Å². The monoisotopic (exact) mass is 327 g/mol. The van der Waals surface area contributed by atoms with Crippen LogP contribution in [0.2, 0.25) is 0 Å². The van der Waals surface area contributed by atoms with Gasteiger partial charge in [-0.1, -0.05) is 0 Å². The van der Waals surface area contributed by atoms with Crippen LogP contribution in [-0.2, 0) is 0 Å². The molecule has 0 fully saturated rings. The molecule has 0 spiro atoms. The molecule has 2 aromatic heterocycles. The molecule has 0 amide bonds. The van der Waals surface area contributed by atoms with E-state index in [1.54, 1.807) is 0 Å². The summed E-state index contributed by atoms with van der Waals surface area (Å²) in [5.41, 5.74) is 0.270. The van der Waals surface area contributed by atoms with Crippen molar-refractivity contribution in [3.8, 4) is 11.6 Å². The average molecular weight is 327 g/mol. The molecule has 0 radical (unpaired) electrons. The van der Waals surface area contributed by atoms with E-state index in [1.165, 1.54) is 12.3 Å². The summed E-state index contributed by atoms with van der Waals surface area (Å²) in [5, 5.41) is 11.1. The van der Waals surface area contributed by atoms with Gasteiger partial charge in [-0.15, -0.1) is 0 Å². The second-order valence-electron chi connectivity index (χ2n) is 2.51. The molecule has 0 bridgehead atoms. The molecule has 0 unspecified atom stereocenters. The van der Waals surface area contributed by atoms with Gasteiger partial charge in [0.05, 0.1) is 0 Å². The molecular formula is C7H6F2IN4O-. The summed E-state index contributed by atoms with van der Waals surface area (Å²) in [6, 6.07) is 1.41. The number of nitrogens with zero attached hydrogens (tertiary/aromatic N) is 4. The summed E-state index contributed by atoms with van der Waals surface area (Å²) in [5.74, 6) is 0.186. The van der Waals surface area contributed by atoms with Gasteiger partial charge >= 0.3 is 93.6 Å². The summed E-state index contributed by atoms with van der Waals surface area (Å²) in [6.45, 7) is -2.65. The maximum absolute atomic E-state index is 12.2. The van der Waals surface area contributed by atoms with E-state index in [0.717, 1.165) is 0 Å². The summed E-state index contributed by atoms with van der Waals surface area (Å²) >= 11 is -0.291. The van der Waals surface area contributed by atoms with E-state index in [0.29, 0.717) is 8.58 Å². The first kappa shape index (κ1) is 10.5. The first-order valence-electron chi connectivity index (χ1n) is 3.87. The Morgan fingerprint density at radius 2 is 2.27 bits per heavy atom. The number of halogens is 3. The van der Waals surface area contributed by atoms with Crippen molar-refractivity contribution in [2.75, 3.05) is 4.93 Å². The van der Waals surface area contributed by atoms with Crippen LogP contribution in [0, 0.1) is 3.90 Å². The summed E-state index contributed by atoms with van der Waals surface area (Å²) in [6.07, 6.45) is 1.17. The predicted octanol–water partition coefficient (Wildman–Crippen LogP) is -1.78. The van der Waals surface area contributed by atoms with Crippen molar-refractivity contribution in [3.05, 3.63) is 16.2 Å². The van der Waals surface area contributed by atoms with E-state index >= 15 is 0 Å². The molecule has 8 heteroatoms. The van der Waals surface area contributed by atoms with Gasteiger partial charge in [-0.2, -0.15) is 0 Å². The molecule has 0 aliphatic heterocycles. The van der Waals surface area contributed by atoms with Crippen molar-refractivity contribution >= 4 is 0 Å². The first-order valence-corrected chi connectivity index (χ1v) is 7.11. The Bertz CT molecular complexity index is 455. The minimum atomic E-state index is -2.65. The maximum atomic E-state index is 12.2. The van der Waals surface area contributed by atoms with Crippen molar-refractivity contribution in [1.82, 2.24) is 20.0 Å². The van der Waals surface area contributed by atoms with Crippen LogP contribution in [0.5, 0.6) is 0 Å². The quantitative estimate of drug-likeness (QED) is 0.494. The standard InChI is InChI=1S/C7H6F2IN4O/c1-10-7-12-11-5(15-7)4-2-3-14(13-4)6(8)9/h2-3,6H,1H3/q-1. The number of aromatic nitrogens is 4. The normalized spacial score (nSPS) is 11.5. The molecule has 2 heterocycles. The Balaban J connectivity index is 2.28. The van der Waals surface area contributed by atoms with Crippen LogP contribution in [0.3, 0.4) is 0 Å². The first-order chi connectivity index (χ1) is 7.20. The van der Waals surface area contributed by atoms with E-state index in [-0.39, 0.29) is 32.8 Å². The van der Waals surface area contributed by atoms with Crippen LogP contribution in [0.15, 0.2) is 16.7 Å². The Labute approximate surface area is 93.7 Å². The molecule has 2 aromatic rings. The predicted molar refractivity (Wildman–Crippen MR) is 41.4 cm³/mol. The van der Waals surface area contributed by atoms with Crippen LogP contribution in [-0.4, -0.2) is 24.9 Å². The number of hydrogen-bond acceptors (Lipinski definition) is 4. The minimum absolute atomic E-state index is 0.186. The number of rotatable bonds is 3. The zero-order chi connectivity index (χ0) is 10.8. The fraction of sp³-hybridized carbons (Fsp3) is 0.286. The SMILES string of the molecule is C[I-]c1nnc(-c2ccn(C(F)F)n2)o1. The van der Waals surface area contributed by atoms with Crippen molar-refractivity contribution < 1.29 is 34.4 Å². The Morgan fingerprint density at radius 1 is 1.47 bits per heavy atom. The van der Waals surface area contributed by atoms with Crippen LogP contribution < -0.4 is 21.2 Å². The van der Waals surface area contributed by atoms with Crippen LogP contribution in [0.1, 0.15) is 6.55 Å². The van der Waals surface area contributed by atoms with Crippen LogP contribution in [0.4, 0.5) is 8.78 Å². The van der Waals surface area contributed by atoms with Gasteiger partial charge < -0.3 is 0 Å². The Morgan fingerprint density at radius 3 is 2.80 bits per heavy atom. The molecule has 15 heavy (non-hydrogen) atoms. The van der Waals surface area contributed by atoms with Gasteiger partial charge in [0, 0.05) is 0 Å². The summed E-state index contributed by atoms with van der Waals surface area (Å²) in [7, 11) is 0. The van der Waals surface area contributed by atoms with Gasteiger partial charge in [0.25, 0.3) is 0 Å². The fourth-order valence-corrected chi connectivity index (χ4v) is 1.70. The fourth-order valence-electron chi connectivity index (χ4n) is 0.946. The zero-order valence-corrected chi connectivity index (χ0v) is 9.72. The number of hydrogen-bond donors (Lipinski definition) is 0. The van der Waals surface area contributed by atoms with Crippen molar-refractivity contribution in [2.24, 2.45) is 0 Å². The van der Waals surface area contributed by atoms with Crippen molar-refractivity contribution in [2.45, 2.75) is 6.55 Å². The van der Waals surface area contributed by atoms with Crippen molar-refractivity contribution in [1.29, 1.82) is 0 Å².